The van der Waals surface area contributed by atoms with Crippen LogP contribution in [0.2, 0.25) is 0 Å². The number of anilines is 1. The lowest BCUT2D eigenvalue weighted by atomic mass is 9.99. The third-order valence-electron chi connectivity index (χ3n) is 2.95. The van der Waals surface area contributed by atoms with Gasteiger partial charge in [-0.15, -0.1) is 0 Å². The van der Waals surface area contributed by atoms with Crippen molar-refractivity contribution in [2.24, 2.45) is 0 Å². The average molecular weight is 253 g/mol. The van der Waals surface area contributed by atoms with Gasteiger partial charge in [-0.2, -0.15) is 0 Å². The molecule has 1 aromatic rings. The minimum atomic E-state index is -0.265. The molecule has 4 nitrogen and oxygen atoms in total. The number of benzene rings is 1. The van der Waals surface area contributed by atoms with Crippen LogP contribution in [-0.2, 0) is 4.74 Å². The maximum Gasteiger partial charge on any atom is 0.120 e. The predicted molar refractivity (Wildman–Crippen MR) is 73.2 cm³/mol. The number of hydrogen-bond donors (Lipinski definition) is 2. The monoisotopic (exact) mass is 253 g/mol. The summed E-state index contributed by atoms with van der Waals surface area (Å²) in [5, 5.41) is 12.7. The van der Waals surface area contributed by atoms with Gasteiger partial charge in [-0.3, -0.25) is 0 Å². The van der Waals surface area contributed by atoms with Crippen molar-refractivity contribution in [3.8, 4) is 5.75 Å². The highest BCUT2D eigenvalue weighted by atomic mass is 16.5. The van der Waals surface area contributed by atoms with Crippen molar-refractivity contribution in [2.75, 3.05) is 26.1 Å². The Balaban J connectivity index is 2.67. The molecule has 1 rings (SSSR count). The van der Waals surface area contributed by atoms with E-state index in [1.54, 1.807) is 14.2 Å². The first-order chi connectivity index (χ1) is 8.50. The van der Waals surface area contributed by atoms with Gasteiger partial charge < -0.3 is 19.9 Å². The van der Waals surface area contributed by atoms with Crippen molar-refractivity contribution in [2.45, 2.75) is 31.9 Å². The average Bonchev–Trinajstić information content (AvgIpc) is 2.38. The fourth-order valence-corrected chi connectivity index (χ4v) is 1.79. The zero-order valence-electron chi connectivity index (χ0n) is 11.6. The van der Waals surface area contributed by atoms with E-state index in [-0.39, 0.29) is 18.2 Å². The Labute approximate surface area is 109 Å². The van der Waals surface area contributed by atoms with Crippen LogP contribution in [0, 0.1) is 0 Å². The molecule has 0 saturated heterocycles. The van der Waals surface area contributed by atoms with Crippen molar-refractivity contribution in [1.82, 2.24) is 0 Å². The van der Waals surface area contributed by atoms with Crippen LogP contribution in [0.3, 0.4) is 0 Å². The van der Waals surface area contributed by atoms with Gasteiger partial charge in [-0.25, -0.2) is 0 Å². The Hall–Kier alpha value is -1.26. The summed E-state index contributed by atoms with van der Waals surface area (Å²) in [5.41, 5.74) is 0.666. The lowest BCUT2D eigenvalue weighted by Gasteiger charge is -2.28. The lowest BCUT2D eigenvalue weighted by molar-refractivity contribution is 0.00748. The maximum absolute atomic E-state index is 9.42. The van der Waals surface area contributed by atoms with Crippen molar-refractivity contribution in [3.63, 3.8) is 0 Å². The molecule has 1 atom stereocenters. The zero-order chi connectivity index (χ0) is 13.6. The van der Waals surface area contributed by atoms with E-state index in [0.717, 1.165) is 17.9 Å². The lowest BCUT2D eigenvalue weighted by Crippen LogP contribution is -2.35. The predicted octanol–water partition coefficient (Wildman–Crippen LogP) is 2.28. The molecule has 0 bridgehead atoms. The minimum absolute atomic E-state index is 0.0490. The Morgan fingerprint density at radius 1 is 1.33 bits per heavy atom. The van der Waals surface area contributed by atoms with Crippen LogP contribution in [0.5, 0.6) is 5.75 Å². The molecule has 0 aliphatic rings. The van der Waals surface area contributed by atoms with Crippen LogP contribution in [0.15, 0.2) is 24.3 Å². The quantitative estimate of drug-likeness (QED) is 0.782. The van der Waals surface area contributed by atoms with Crippen LogP contribution in [0.25, 0.3) is 0 Å². The molecule has 0 spiro atoms. The first kappa shape index (κ1) is 14.8. The van der Waals surface area contributed by atoms with Crippen LogP contribution in [-0.4, -0.2) is 37.6 Å². The molecule has 18 heavy (non-hydrogen) atoms. The first-order valence-electron chi connectivity index (χ1n) is 6.07. The van der Waals surface area contributed by atoms with Gasteiger partial charge in [0.2, 0.25) is 0 Å². The summed E-state index contributed by atoms with van der Waals surface area (Å²) in [6.07, 6.45) is 0.719. The molecule has 1 aromatic carbocycles. The normalized spacial score (nSPS) is 13.2. The molecular formula is C14H23NO3. The van der Waals surface area contributed by atoms with Gasteiger partial charge in [0, 0.05) is 18.9 Å². The van der Waals surface area contributed by atoms with Gasteiger partial charge >= 0.3 is 0 Å². The van der Waals surface area contributed by atoms with E-state index in [0.29, 0.717) is 0 Å². The van der Waals surface area contributed by atoms with Gasteiger partial charge in [0.05, 0.1) is 25.4 Å². The molecule has 0 amide bonds. The van der Waals surface area contributed by atoms with E-state index in [9.17, 15) is 5.11 Å². The summed E-state index contributed by atoms with van der Waals surface area (Å²) in [6, 6.07) is 7.61. The van der Waals surface area contributed by atoms with E-state index < -0.39 is 0 Å². The van der Waals surface area contributed by atoms with E-state index in [4.69, 9.17) is 9.47 Å². The number of methoxy groups -OCH3 is 2. The molecule has 0 fully saturated rings. The van der Waals surface area contributed by atoms with Crippen molar-refractivity contribution in [1.29, 1.82) is 0 Å². The molecule has 0 saturated carbocycles. The summed E-state index contributed by atoms with van der Waals surface area (Å²) < 4.78 is 10.5. The second-order valence-electron chi connectivity index (χ2n) is 4.92. The summed E-state index contributed by atoms with van der Waals surface area (Å²) in [4.78, 5) is 0. The molecule has 0 aliphatic carbocycles. The van der Waals surface area contributed by atoms with Crippen molar-refractivity contribution in [3.05, 3.63) is 24.3 Å². The maximum atomic E-state index is 9.42. The molecule has 0 aromatic heterocycles. The Kier molecular flexibility index (Phi) is 5.44. The third kappa shape index (κ3) is 4.55. The van der Waals surface area contributed by atoms with Crippen LogP contribution < -0.4 is 10.1 Å². The fourth-order valence-electron chi connectivity index (χ4n) is 1.79. The van der Waals surface area contributed by atoms with Gasteiger partial charge in [0.25, 0.3) is 0 Å². The summed E-state index contributed by atoms with van der Waals surface area (Å²) in [6.45, 7) is 4.07. The molecule has 4 heteroatoms. The Morgan fingerprint density at radius 2 is 2.06 bits per heavy atom. The van der Waals surface area contributed by atoms with Crippen molar-refractivity contribution < 1.29 is 14.6 Å². The molecule has 2 N–H and O–H groups in total. The van der Waals surface area contributed by atoms with Gasteiger partial charge in [0.1, 0.15) is 5.75 Å². The summed E-state index contributed by atoms with van der Waals surface area (Å²) in [5.74, 6) is 0.794. The van der Waals surface area contributed by atoms with Crippen LogP contribution in [0.4, 0.5) is 5.69 Å². The number of rotatable bonds is 7. The number of nitrogens with one attached hydrogen (secondary N) is 1. The SMILES string of the molecule is COc1cccc(NC(CO)CC(C)(C)OC)c1. The number of aliphatic hydroxyl groups excluding tert-OH is 1. The fraction of sp³-hybridized carbons (Fsp3) is 0.571. The summed E-state index contributed by atoms with van der Waals surface area (Å²) >= 11 is 0. The largest absolute Gasteiger partial charge is 0.497 e. The van der Waals surface area contributed by atoms with Crippen LogP contribution in [0.1, 0.15) is 20.3 Å². The van der Waals surface area contributed by atoms with Gasteiger partial charge in [0.15, 0.2) is 0 Å². The molecule has 0 aliphatic heterocycles. The standard InChI is InChI=1S/C14H23NO3/c1-14(2,18-4)9-12(10-16)15-11-6-5-7-13(8-11)17-3/h5-8,12,15-16H,9-10H2,1-4H3. The topological polar surface area (TPSA) is 50.7 Å². The van der Waals surface area contributed by atoms with E-state index in [1.165, 1.54) is 0 Å². The van der Waals surface area contributed by atoms with Crippen LogP contribution >= 0.6 is 0 Å². The first-order valence-corrected chi connectivity index (χ1v) is 6.07. The molecule has 102 valence electrons. The second kappa shape index (κ2) is 6.61. The van der Waals surface area contributed by atoms with E-state index >= 15 is 0 Å². The molecule has 0 heterocycles. The van der Waals surface area contributed by atoms with Gasteiger partial charge in [-0.1, -0.05) is 6.07 Å². The smallest absolute Gasteiger partial charge is 0.120 e. The second-order valence-corrected chi connectivity index (χ2v) is 4.92. The number of aliphatic hydroxyl groups is 1. The molecular weight excluding hydrogens is 230 g/mol. The highest BCUT2D eigenvalue weighted by Crippen LogP contribution is 2.21. The third-order valence-corrected chi connectivity index (χ3v) is 2.95. The molecule has 0 radical (unpaired) electrons. The number of ether oxygens (including phenoxy) is 2. The Morgan fingerprint density at radius 3 is 2.61 bits per heavy atom. The summed E-state index contributed by atoms with van der Waals surface area (Å²) in [7, 11) is 3.32. The van der Waals surface area contributed by atoms with Crippen molar-refractivity contribution >= 4 is 5.69 Å². The molecule has 1 unspecified atom stereocenters. The van der Waals surface area contributed by atoms with E-state index in [1.807, 2.05) is 38.1 Å². The number of hydrogen-bond acceptors (Lipinski definition) is 4. The van der Waals surface area contributed by atoms with E-state index in [2.05, 4.69) is 5.32 Å². The highest BCUT2D eigenvalue weighted by molar-refractivity contribution is 5.48. The Bertz CT molecular complexity index is 366. The van der Waals surface area contributed by atoms with Gasteiger partial charge in [-0.05, 0) is 32.4 Å². The zero-order valence-corrected chi connectivity index (χ0v) is 11.6. The highest BCUT2D eigenvalue weighted by Gasteiger charge is 2.22. The minimum Gasteiger partial charge on any atom is -0.497 e.